The first-order valence-electron chi connectivity index (χ1n) is 11.5. The van der Waals surface area contributed by atoms with E-state index in [0.29, 0.717) is 32.3 Å². The zero-order chi connectivity index (χ0) is 27.0. The Morgan fingerprint density at radius 3 is 2.58 bits per heavy atom. The Balaban J connectivity index is 1.68. The molecule has 2 aromatic carbocycles. The minimum absolute atomic E-state index is 0.298. The molecule has 1 aliphatic heterocycles. The number of nitrogens with zero attached hydrogens (tertiary/aromatic N) is 3. The van der Waals surface area contributed by atoms with Gasteiger partial charge in [0.15, 0.2) is 5.11 Å². The molecular weight excluding hydrogens is 565 g/mol. The van der Waals surface area contributed by atoms with Gasteiger partial charge in [-0.2, -0.15) is 0 Å². The normalized spacial score (nSPS) is 17.4. The lowest BCUT2D eigenvalue weighted by molar-refractivity contribution is 0.417. The molecule has 2 atom stereocenters. The number of thiocarbonyl (C=S) groups is 1. The van der Waals surface area contributed by atoms with Gasteiger partial charge in [0, 0.05) is 28.8 Å². The van der Waals surface area contributed by atoms with Crippen molar-refractivity contribution in [2.75, 3.05) is 23.0 Å². The number of ether oxygens (including phenoxy) is 1. The number of halogens is 2. The molecule has 2 N–H and O–H groups in total. The largest absolute Gasteiger partial charge is 0.495 e. The Hall–Kier alpha value is -3.31. The van der Waals surface area contributed by atoms with Gasteiger partial charge >= 0.3 is 0 Å². The first kappa shape index (κ1) is 26.3. The number of methoxy groups -OCH3 is 1. The van der Waals surface area contributed by atoms with Crippen LogP contribution < -0.4 is 19.7 Å². The molecule has 0 saturated carbocycles. The van der Waals surface area contributed by atoms with Crippen LogP contribution in [-0.4, -0.2) is 36.4 Å². The first-order valence-corrected chi connectivity index (χ1v) is 14.5. The SMILES string of the molecule is COc1ccc(N2C(=S)N[C@@H](c3ccccn3)[C@@H]2c2cccn2-c2ccc(Cl)cc2Cl)cc1NS(C)(=O)=O. The van der Waals surface area contributed by atoms with Crippen molar-refractivity contribution in [1.29, 1.82) is 0 Å². The van der Waals surface area contributed by atoms with Gasteiger partial charge in [-0.25, -0.2) is 8.42 Å². The monoisotopic (exact) mass is 587 g/mol. The van der Waals surface area contributed by atoms with Gasteiger partial charge in [-0.1, -0.05) is 29.3 Å². The fourth-order valence-corrected chi connectivity index (χ4v) is 5.99. The minimum Gasteiger partial charge on any atom is -0.495 e. The second-order valence-corrected chi connectivity index (χ2v) is 11.6. The number of anilines is 2. The molecule has 0 spiro atoms. The van der Waals surface area contributed by atoms with E-state index >= 15 is 0 Å². The molecule has 3 heterocycles. The molecule has 1 aliphatic rings. The van der Waals surface area contributed by atoms with Crippen molar-refractivity contribution in [3.8, 4) is 11.4 Å². The van der Waals surface area contributed by atoms with Crippen molar-refractivity contribution >= 4 is 61.9 Å². The highest BCUT2D eigenvalue weighted by molar-refractivity contribution is 7.92. The molecule has 1 fully saturated rings. The molecule has 38 heavy (non-hydrogen) atoms. The van der Waals surface area contributed by atoms with Crippen LogP contribution >= 0.6 is 35.4 Å². The third-order valence-electron chi connectivity index (χ3n) is 6.11. The lowest BCUT2D eigenvalue weighted by Gasteiger charge is -2.29. The maximum absolute atomic E-state index is 12.1. The van der Waals surface area contributed by atoms with Crippen LogP contribution in [0.2, 0.25) is 10.0 Å². The molecule has 2 aromatic heterocycles. The molecule has 12 heteroatoms. The fourth-order valence-electron chi connectivity index (χ4n) is 4.59. The summed E-state index contributed by atoms with van der Waals surface area (Å²) in [5, 5.41) is 4.90. The van der Waals surface area contributed by atoms with Crippen molar-refractivity contribution in [2.24, 2.45) is 0 Å². The van der Waals surface area contributed by atoms with Crippen molar-refractivity contribution in [2.45, 2.75) is 12.1 Å². The average Bonchev–Trinajstić information content (AvgIpc) is 3.47. The summed E-state index contributed by atoms with van der Waals surface area (Å²) in [5.41, 5.74) is 3.38. The molecule has 0 bridgehead atoms. The topological polar surface area (TPSA) is 88.5 Å². The van der Waals surface area contributed by atoms with Crippen LogP contribution in [0.15, 0.2) is 79.1 Å². The van der Waals surface area contributed by atoms with Crippen LogP contribution in [0.4, 0.5) is 11.4 Å². The highest BCUT2D eigenvalue weighted by atomic mass is 35.5. The summed E-state index contributed by atoms with van der Waals surface area (Å²) < 4.78 is 34.0. The summed E-state index contributed by atoms with van der Waals surface area (Å²) in [4.78, 5) is 6.54. The minimum atomic E-state index is -3.56. The molecule has 0 aliphatic carbocycles. The number of pyridine rings is 1. The van der Waals surface area contributed by atoms with Gasteiger partial charge in [0.2, 0.25) is 10.0 Å². The Kier molecular flexibility index (Phi) is 7.23. The molecule has 8 nitrogen and oxygen atoms in total. The molecule has 0 amide bonds. The number of sulfonamides is 1. The molecular formula is C26H23Cl2N5O3S2. The van der Waals surface area contributed by atoms with Crippen molar-refractivity contribution in [1.82, 2.24) is 14.9 Å². The van der Waals surface area contributed by atoms with Crippen molar-refractivity contribution in [3.63, 3.8) is 0 Å². The third-order valence-corrected chi connectivity index (χ3v) is 7.55. The Morgan fingerprint density at radius 2 is 1.89 bits per heavy atom. The van der Waals surface area contributed by atoms with E-state index in [-0.39, 0.29) is 12.1 Å². The highest BCUT2D eigenvalue weighted by Gasteiger charge is 2.42. The van der Waals surface area contributed by atoms with E-state index < -0.39 is 10.0 Å². The van der Waals surface area contributed by atoms with Crippen LogP contribution in [0.1, 0.15) is 23.5 Å². The number of nitrogens with one attached hydrogen (secondary N) is 2. The van der Waals surface area contributed by atoms with E-state index in [1.54, 1.807) is 30.5 Å². The molecule has 0 unspecified atom stereocenters. The van der Waals surface area contributed by atoms with Crippen LogP contribution in [-0.2, 0) is 10.0 Å². The number of hydrogen-bond donors (Lipinski definition) is 2. The predicted molar refractivity (Wildman–Crippen MR) is 155 cm³/mol. The lowest BCUT2D eigenvalue weighted by atomic mass is 10.0. The van der Waals surface area contributed by atoms with Gasteiger partial charge in [-0.3, -0.25) is 9.71 Å². The van der Waals surface area contributed by atoms with Gasteiger partial charge in [-0.05, 0) is 72.9 Å². The van der Waals surface area contributed by atoms with Crippen molar-refractivity contribution in [3.05, 3.63) is 101 Å². The predicted octanol–water partition coefficient (Wildman–Crippen LogP) is 5.74. The van der Waals surface area contributed by atoms with Gasteiger partial charge in [-0.15, -0.1) is 0 Å². The van der Waals surface area contributed by atoms with Crippen LogP contribution in [0.25, 0.3) is 5.69 Å². The quantitative estimate of drug-likeness (QED) is 0.267. The Labute approximate surface area is 236 Å². The van der Waals surface area contributed by atoms with Gasteiger partial charge < -0.3 is 19.5 Å². The van der Waals surface area contributed by atoms with Crippen LogP contribution in [0.5, 0.6) is 5.75 Å². The molecule has 196 valence electrons. The van der Waals surface area contributed by atoms with E-state index in [1.165, 1.54) is 7.11 Å². The Bertz CT molecular complexity index is 1610. The molecule has 1 saturated heterocycles. The van der Waals surface area contributed by atoms with Crippen LogP contribution in [0, 0.1) is 0 Å². The molecule has 4 aromatic rings. The maximum atomic E-state index is 12.1. The summed E-state index contributed by atoms with van der Waals surface area (Å²) in [6.07, 6.45) is 4.74. The van der Waals surface area contributed by atoms with Crippen LogP contribution in [0.3, 0.4) is 0 Å². The Morgan fingerprint density at radius 1 is 1.08 bits per heavy atom. The number of hydrogen-bond acceptors (Lipinski definition) is 5. The summed E-state index contributed by atoms with van der Waals surface area (Å²) in [6, 6.07) is 19.5. The standard InChI is InChI=1S/C26H23Cl2N5O3S2/c1-36-23-11-9-17(15-20(23)31-38(2,34)35)33-25(24(30-26(33)37)19-6-3-4-12-29-19)22-7-5-13-32(22)21-10-8-16(27)14-18(21)28/h3-15,24-25,31H,1-2H3,(H,30,37)/t24-,25-/m0/s1. The summed E-state index contributed by atoms with van der Waals surface area (Å²) in [5.74, 6) is 0.381. The smallest absolute Gasteiger partial charge is 0.229 e. The maximum Gasteiger partial charge on any atom is 0.229 e. The molecule has 5 rings (SSSR count). The summed E-state index contributed by atoms with van der Waals surface area (Å²) in [6.45, 7) is 0. The van der Waals surface area contributed by atoms with Gasteiger partial charge in [0.05, 0.1) is 41.5 Å². The first-order chi connectivity index (χ1) is 18.2. The van der Waals surface area contributed by atoms with Gasteiger partial charge in [0.25, 0.3) is 0 Å². The lowest BCUT2D eigenvalue weighted by Crippen LogP contribution is -2.30. The molecule has 0 radical (unpaired) electrons. The van der Waals surface area contributed by atoms with Gasteiger partial charge in [0.1, 0.15) is 11.8 Å². The summed E-state index contributed by atoms with van der Waals surface area (Å²) >= 11 is 18.6. The summed E-state index contributed by atoms with van der Waals surface area (Å²) in [7, 11) is -2.08. The zero-order valence-corrected chi connectivity index (χ0v) is 23.4. The highest BCUT2D eigenvalue weighted by Crippen LogP contribution is 2.44. The van der Waals surface area contributed by atoms with E-state index in [4.69, 9.17) is 40.2 Å². The van der Waals surface area contributed by atoms with E-state index in [0.717, 1.165) is 23.3 Å². The fraction of sp³-hybridized carbons (Fsp3) is 0.154. The van der Waals surface area contributed by atoms with Crippen molar-refractivity contribution < 1.29 is 13.2 Å². The number of aromatic nitrogens is 2. The number of rotatable bonds is 7. The zero-order valence-electron chi connectivity index (χ0n) is 20.3. The number of benzene rings is 2. The third kappa shape index (κ3) is 5.17. The average molecular weight is 589 g/mol. The van der Waals surface area contributed by atoms with E-state index in [1.807, 2.05) is 58.1 Å². The van der Waals surface area contributed by atoms with E-state index in [2.05, 4.69) is 15.0 Å². The van der Waals surface area contributed by atoms with E-state index in [9.17, 15) is 8.42 Å². The second-order valence-electron chi connectivity index (χ2n) is 8.65. The second kappa shape index (κ2) is 10.5.